The second kappa shape index (κ2) is 4.92. The molecule has 1 heterocycles. The van der Waals surface area contributed by atoms with E-state index in [9.17, 15) is 4.39 Å². The Balaban J connectivity index is 2.17. The van der Waals surface area contributed by atoms with Gasteiger partial charge in [0.2, 0.25) is 0 Å². The highest BCUT2D eigenvalue weighted by molar-refractivity contribution is 5.51. The first-order valence-corrected chi connectivity index (χ1v) is 5.96. The van der Waals surface area contributed by atoms with Gasteiger partial charge in [-0.15, -0.1) is 0 Å². The zero-order chi connectivity index (χ0) is 12.4. The zero-order valence-corrected chi connectivity index (χ0v) is 10.3. The average molecular weight is 238 g/mol. The summed E-state index contributed by atoms with van der Waals surface area (Å²) < 4.78 is 18.3. The third-order valence-corrected chi connectivity index (χ3v) is 3.47. The minimum Gasteiger partial charge on any atom is -0.494 e. The highest BCUT2D eigenvalue weighted by Gasteiger charge is 2.23. The fourth-order valence-corrected chi connectivity index (χ4v) is 2.24. The number of nitrogens with two attached hydrogens (primary N) is 1. The summed E-state index contributed by atoms with van der Waals surface area (Å²) in [6.07, 6.45) is 0.973. The van der Waals surface area contributed by atoms with E-state index in [0.29, 0.717) is 11.7 Å². The lowest BCUT2D eigenvalue weighted by molar-refractivity contribution is 0.377. The molecule has 1 aromatic carbocycles. The van der Waals surface area contributed by atoms with Gasteiger partial charge in [-0.1, -0.05) is 6.92 Å². The van der Waals surface area contributed by atoms with Crippen molar-refractivity contribution in [2.24, 2.45) is 11.7 Å². The van der Waals surface area contributed by atoms with Crippen molar-refractivity contribution in [3.05, 3.63) is 24.0 Å². The van der Waals surface area contributed by atoms with Crippen LogP contribution in [0.5, 0.6) is 5.75 Å². The number of rotatable bonds is 2. The Morgan fingerprint density at radius 2 is 2.24 bits per heavy atom. The number of piperidine rings is 1. The lowest BCUT2D eigenvalue weighted by Gasteiger charge is -2.36. The molecule has 1 aliphatic rings. The Kier molecular flexibility index (Phi) is 3.52. The molecular formula is C13H19FN2O. The number of hydrogen-bond acceptors (Lipinski definition) is 3. The minimum absolute atomic E-state index is 0.272. The van der Waals surface area contributed by atoms with Crippen molar-refractivity contribution in [2.45, 2.75) is 19.4 Å². The van der Waals surface area contributed by atoms with Crippen LogP contribution in [-0.2, 0) is 0 Å². The van der Waals surface area contributed by atoms with Gasteiger partial charge in [-0.3, -0.25) is 0 Å². The van der Waals surface area contributed by atoms with Crippen LogP contribution in [0.25, 0.3) is 0 Å². The van der Waals surface area contributed by atoms with E-state index < -0.39 is 0 Å². The molecule has 0 amide bonds. The quantitative estimate of drug-likeness (QED) is 0.856. The Labute approximate surface area is 101 Å². The maximum atomic E-state index is 13.3. The van der Waals surface area contributed by atoms with Crippen molar-refractivity contribution < 1.29 is 9.13 Å². The van der Waals surface area contributed by atoms with Crippen molar-refractivity contribution in [3.63, 3.8) is 0 Å². The molecule has 1 fully saturated rings. The number of nitrogens with zero attached hydrogens (tertiary/aromatic N) is 1. The van der Waals surface area contributed by atoms with Crippen LogP contribution in [0.4, 0.5) is 10.1 Å². The Morgan fingerprint density at radius 1 is 1.47 bits per heavy atom. The molecule has 2 unspecified atom stereocenters. The SMILES string of the molecule is COc1cc(N2CCC(N)C(C)C2)ccc1F. The second-order valence-electron chi connectivity index (χ2n) is 4.69. The minimum atomic E-state index is -0.321. The van der Waals surface area contributed by atoms with Gasteiger partial charge in [0.05, 0.1) is 7.11 Å². The standard InChI is InChI=1S/C13H19FN2O/c1-9-8-16(6-5-12(9)15)10-3-4-11(14)13(7-10)17-2/h3-4,7,9,12H,5-6,8,15H2,1-2H3. The number of benzene rings is 1. The molecule has 0 saturated carbocycles. The number of ether oxygens (including phenoxy) is 1. The Bertz CT molecular complexity index is 397. The zero-order valence-electron chi connectivity index (χ0n) is 10.3. The number of halogens is 1. The van der Waals surface area contributed by atoms with Crippen LogP contribution in [0.2, 0.25) is 0 Å². The van der Waals surface area contributed by atoms with E-state index in [4.69, 9.17) is 10.5 Å². The first kappa shape index (κ1) is 12.2. The molecule has 17 heavy (non-hydrogen) atoms. The Hall–Kier alpha value is -1.29. The van der Waals surface area contributed by atoms with Crippen molar-refractivity contribution in [1.82, 2.24) is 0 Å². The van der Waals surface area contributed by atoms with Gasteiger partial charge in [0.25, 0.3) is 0 Å². The molecule has 2 rings (SSSR count). The summed E-state index contributed by atoms with van der Waals surface area (Å²) in [6, 6.07) is 5.27. The van der Waals surface area contributed by atoms with Crippen molar-refractivity contribution in [3.8, 4) is 5.75 Å². The molecular weight excluding hydrogens is 219 g/mol. The largest absolute Gasteiger partial charge is 0.494 e. The van der Waals surface area contributed by atoms with E-state index in [0.717, 1.165) is 25.2 Å². The molecule has 0 spiro atoms. The number of anilines is 1. The van der Waals surface area contributed by atoms with E-state index in [1.54, 1.807) is 12.1 Å². The third-order valence-electron chi connectivity index (χ3n) is 3.47. The van der Waals surface area contributed by atoms with E-state index in [2.05, 4.69) is 11.8 Å². The monoisotopic (exact) mass is 238 g/mol. The van der Waals surface area contributed by atoms with Crippen molar-refractivity contribution in [2.75, 3.05) is 25.1 Å². The number of methoxy groups -OCH3 is 1. The molecule has 1 saturated heterocycles. The van der Waals surface area contributed by atoms with E-state index in [1.807, 2.05) is 0 Å². The van der Waals surface area contributed by atoms with Crippen LogP contribution in [0.15, 0.2) is 18.2 Å². The van der Waals surface area contributed by atoms with Gasteiger partial charge in [0.15, 0.2) is 11.6 Å². The van der Waals surface area contributed by atoms with Crippen molar-refractivity contribution >= 4 is 5.69 Å². The first-order valence-electron chi connectivity index (χ1n) is 5.96. The molecule has 0 aromatic heterocycles. The highest BCUT2D eigenvalue weighted by Crippen LogP contribution is 2.27. The molecule has 2 N–H and O–H groups in total. The van der Waals surface area contributed by atoms with E-state index in [-0.39, 0.29) is 11.9 Å². The smallest absolute Gasteiger partial charge is 0.165 e. The summed E-state index contributed by atoms with van der Waals surface area (Å²) in [6.45, 7) is 3.98. The lowest BCUT2D eigenvalue weighted by atomic mass is 9.94. The van der Waals surface area contributed by atoms with Crippen LogP contribution in [0.3, 0.4) is 0 Å². The Morgan fingerprint density at radius 3 is 2.88 bits per heavy atom. The maximum absolute atomic E-state index is 13.3. The fraction of sp³-hybridized carbons (Fsp3) is 0.538. The summed E-state index contributed by atoms with van der Waals surface area (Å²) in [5.41, 5.74) is 6.99. The molecule has 94 valence electrons. The summed E-state index contributed by atoms with van der Waals surface area (Å²) in [5.74, 6) is 0.433. The summed E-state index contributed by atoms with van der Waals surface area (Å²) in [4.78, 5) is 2.23. The summed E-state index contributed by atoms with van der Waals surface area (Å²) in [5, 5.41) is 0. The molecule has 0 bridgehead atoms. The fourth-order valence-electron chi connectivity index (χ4n) is 2.24. The third kappa shape index (κ3) is 2.52. The predicted octanol–water partition coefficient (Wildman–Crippen LogP) is 2.01. The van der Waals surface area contributed by atoms with Crippen LogP contribution in [0, 0.1) is 11.7 Å². The summed E-state index contributed by atoms with van der Waals surface area (Å²) >= 11 is 0. The lowest BCUT2D eigenvalue weighted by Crippen LogP contribution is -2.45. The van der Waals surface area contributed by atoms with Gasteiger partial charge in [0, 0.05) is 30.9 Å². The predicted molar refractivity (Wildman–Crippen MR) is 66.9 cm³/mol. The normalized spacial score (nSPS) is 24.8. The van der Waals surface area contributed by atoms with Gasteiger partial charge in [-0.05, 0) is 24.5 Å². The molecule has 2 atom stereocenters. The van der Waals surface area contributed by atoms with Crippen LogP contribution >= 0.6 is 0 Å². The van der Waals surface area contributed by atoms with Gasteiger partial charge < -0.3 is 15.4 Å². The first-order chi connectivity index (χ1) is 8.11. The van der Waals surface area contributed by atoms with Crippen LogP contribution in [0.1, 0.15) is 13.3 Å². The molecule has 3 nitrogen and oxygen atoms in total. The molecule has 1 aliphatic heterocycles. The van der Waals surface area contributed by atoms with Crippen LogP contribution < -0.4 is 15.4 Å². The van der Waals surface area contributed by atoms with Crippen molar-refractivity contribution in [1.29, 1.82) is 0 Å². The maximum Gasteiger partial charge on any atom is 0.165 e. The molecule has 0 radical (unpaired) electrons. The van der Waals surface area contributed by atoms with E-state index in [1.165, 1.54) is 13.2 Å². The highest BCUT2D eigenvalue weighted by atomic mass is 19.1. The summed E-state index contributed by atoms with van der Waals surface area (Å²) in [7, 11) is 1.48. The molecule has 0 aliphatic carbocycles. The second-order valence-corrected chi connectivity index (χ2v) is 4.69. The van der Waals surface area contributed by atoms with Crippen LogP contribution in [-0.4, -0.2) is 26.2 Å². The van der Waals surface area contributed by atoms with Gasteiger partial charge in [-0.2, -0.15) is 0 Å². The topological polar surface area (TPSA) is 38.5 Å². The van der Waals surface area contributed by atoms with Gasteiger partial charge in [-0.25, -0.2) is 4.39 Å². The molecule has 1 aromatic rings. The number of hydrogen-bond donors (Lipinski definition) is 1. The molecule has 4 heteroatoms. The average Bonchev–Trinajstić information content (AvgIpc) is 2.33. The van der Waals surface area contributed by atoms with E-state index >= 15 is 0 Å². The van der Waals surface area contributed by atoms with Gasteiger partial charge >= 0.3 is 0 Å². The van der Waals surface area contributed by atoms with Gasteiger partial charge in [0.1, 0.15) is 0 Å².